The maximum atomic E-state index is 13.6. The first-order valence-corrected chi connectivity index (χ1v) is 16.6. The standard InChI is InChI=1S/C37H52N4O10/c1-35(2,3)49-30(43)28(38-31(40-33(45)50-36(4,5)6)41(10)34(46)51-37(7,8)9)22-21-27(29(42)47-23-25-17-13-11-14-18-25)39-32(44)48-24-26-19-15-12-16-20-26/h11-20,27-28H,21-24H2,1-10H3,(H,39,44)(H,38,40,45)/t27-,28?/m0/s1. The summed E-state index contributed by atoms with van der Waals surface area (Å²) in [6.07, 6.45) is -3.12. The van der Waals surface area contributed by atoms with Gasteiger partial charge in [0.2, 0.25) is 5.96 Å². The minimum atomic E-state index is -1.40. The molecule has 0 saturated carbocycles. The topological polar surface area (TPSA) is 171 Å². The van der Waals surface area contributed by atoms with E-state index in [0.29, 0.717) is 0 Å². The SMILES string of the molecule is CN(C(=O)OC(C)(C)C)C(=NC(CC[C@H](NC(=O)OCc1ccccc1)C(=O)OCc1ccccc1)C(=O)OC(C)(C)C)NC(=O)OC(C)(C)C. The fraction of sp³-hybridized carbons (Fsp3) is 0.514. The minimum absolute atomic E-state index is 0.0556. The number of guanidine groups is 1. The number of ether oxygens (including phenoxy) is 5. The zero-order chi connectivity index (χ0) is 38.4. The molecule has 2 N–H and O–H groups in total. The number of esters is 2. The number of hydrogen-bond acceptors (Lipinski definition) is 11. The molecule has 2 aromatic carbocycles. The summed E-state index contributed by atoms with van der Waals surface area (Å²) in [6, 6.07) is 15.2. The average molecular weight is 713 g/mol. The van der Waals surface area contributed by atoms with Gasteiger partial charge in [-0.2, -0.15) is 0 Å². The number of alkyl carbamates (subject to hydrolysis) is 2. The van der Waals surface area contributed by atoms with E-state index in [-0.39, 0.29) is 32.0 Å². The van der Waals surface area contributed by atoms with Crippen molar-refractivity contribution in [2.75, 3.05) is 7.05 Å². The van der Waals surface area contributed by atoms with Gasteiger partial charge < -0.3 is 29.0 Å². The predicted molar refractivity (Wildman–Crippen MR) is 189 cm³/mol. The van der Waals surface area contributed by atoms with Crippen LogP contribution in [-0.4, -0.2) is 77.0 Å². The Bertz CT molecular complexity index is 1490. The van der Waals surface area contributed by atoms with E-state index in [4.69, 9.17) is 23.7 Å². The summed E-state index contributed by atoms with van der Waals surface area (Å²) in [6.45, 7) is 14.8. The van der Waals surface area contributed by atoms with E-state index >= 15 is 0 Å². The molecule has 1 unspecified atom stereocenters. The predicted octanol–water partition coefficient (Wildman–Crippen LogP) is 6.26. The van der Waals surface area contributed by atoms with Crippen LogP contribution in [0.5, 0.6) is 0 Å². The van der Waals surface area contributed by atoms with Crippen LogP contribution in [0, 0.1) is 0 Å². The van der Waals surface area contributed by atoms with Gasteiger partial charge in [-0.15, -0.1) is 0 Å². The number of hydrogen-bond donors (Lipinski definition) is 2. The van der Waals surface area contributed by atoms with Crippen molar-refractivity contribution in [1.82, 2.24) is 15.5 Å². The number of benzene rings is 2. The lowest BCUT2D eigenvalue weighted by Crippen LogP contribution is -2.49. The Kier molecular flexibility index (Phi) is 15.4. The van der Waals surface area contributed by atoms with Crippen molar-refractivity contribution in [3.8, 4) is 0 Å². The molecule has 2 atom stereocenters. The van der Waals surface area contributed by atoms with Crippen molar-refractivity contribution in [2.45, 2.75) is 117 Å². The first-order chi connectivity index (χ1) is 23.6. The van der Waals surface area contributed by atoms with Gasteiger partial charge in [-0.05, 0) is 86.3 Å². The van der Waals surface area contributed by atoms with Crippen LogP contribution in [0.3, 0.4) is 0 Å². The number of nitrogens with zero attached hydrogens (tertiary/aromatic N) is 2. The zero-order valence-corrected chi connectivity index (χ0v) is 31.2. The summed E-state index contributed by atoms with van der Waals surface area (Å²) >= 11 is 0. The molecule has 0 aliphatic carbocycles. The van der Waals surface area contributed by atoms with Gasteiger partial charge in [0.05, 0.1) is 0 Å². The van der Waals surface area contributed by atoms with Gasteiger partial charge in [0.15, 0.2) is 6.04 Å². The first-order valence-electron chi connectivity index (χ1n) is 16.6. The van der Waals surface area contributed by atoms with Crippen LogP contribution in [0.15, 0.2) is 65.7 Å². The van der Waals surface area contributed by atoms with E-state index in [1.54, 1.807) is 111 Å². The molecule has 0 aliphatic rings. The summed E-state index contributed by atoms with van der Waals surface area (Å²) in [5.41, 5.74) is -1.31. The normalized spacial score (nSPS) is 13.2. The minimum Gasteiger partial charge on any atom is -0.459 e. The maximum Gasteiger partial charge on any atom is 0.416 e. The van der Waals surface area contributed by atoms with Gasteiger partial charge >= 0.3 is 30.2 Å². The largest absolute Gasteiger partial charge is 0.459 e. The van der Waals surface area contributed by atoms with Crippen LogP contribution >= 0.6 is 0 Å². The lowest BCUT2D eigenvalue weighted by atomic mass is 10.1. The molecule has 0 bridgehead atoms. The van der Waals surface area contributed by atoms with Crippen molar-refractivity contribution in [3.63, 3.8) is 0 Å². The van der Waals surface area contributed by atoms with Gasteiger partial charge in [-0.1, -0.05) is 60.7 Å². The third kappa shape index (κ3) is 17.4. The van der Waals surface area contributed by atoms with Gasteiger partial charge in [-0.3, -0.25) is 10.2 Å². The molecule has 0 spiro atoms. The molecular formula is C37H52N4O10. The molecule has 14 nitrogen and oxygen atoms in total. The molecule has 280 valence electrons. The third-order valence-electron chi connectivity index (χ3n) is 6.30. The van der Waals surface area contributed by atoms with Crippen molar-refractivity contribution >= 4 is 36.2 Å². The quantitative estimate of drug-likeness (QED) is 0.117. The molecule has 0 radical (unpaired) electrons. The second kappa shape index (κ2) is 18.7. The van der Waals surface area contributed by atoms with Gasteiger partial charge in [-0.25, -0.2) is 29.0 Å². The summed E-state index contributed by atoms with van der Waals surface area (Å²) in [5, 5.41) is 4.96. The number of amides is 3. The Balaban J connectivity index is 2.44. The molecule has 3 amide bonds. The monoisotopic (exact) mass is 712 g/mol. The second-order valence-electron chi connectivity index (χ2n) is 14.6. The number of rotatable bonds is 11. The van der Waals surface area contributed by atoms with E-state index in [1.807, 2.05) is 12.1 Å². The van der Waals surface area contributed by atoms with Crippen LogP contribution in [-0.2, 0) is 46.5 Å². The third-order valence-corrected chi connectivity index (χ3v) is 6.30. The zero-order valence-electron chi connectivity index (χ0n) is 31.2. The van der Waals surface area contributed by atoms with Gasteiger partial charge in [0.1, 0.15) is 36.1 Å². The Labute approximate surface area is 300 Å². The van der Waals surface area contributed by atoms with E-state index in [0.717, 1.165) is 16.0 Å². The summed E-state index contributed by atoms with van der Waals surface area (Å²) < 4.78 is 27.3. The van der Waals surface area contributed by atoms with Gasteiger partial charge in [0, 0.05) is 7.05 Å². The van der Waals surface area contributed by atoms with E-state index < -0.39 is 59.1 Å². The summed E-state index contributed by atoms with van der Waals surface area (Å²) in [4.78, 5) is 71.1. The van der Waals surface area contributed by atoms with Crippen molar-refractivity contribution < 1.29 is 47.7 Å². The fourth-order valence-corrected chi connectivity index (χ4v) is 4.08. The molecule has 0 fully saturated rings. The molecule has 14 heteroatoms. The van der Waals surface area contributed by atoms with Crippen molar-refractivity contribution in [2.24, 2.45) is 4.99 Å². The Hall–Kier alpha value is -5.14. The number of aliphatic imine (C=N–C) groups is 1. The van der Waals surface area contributed by atoms with Crippen LogP contribution < -0.4 is 10.6 Å². The molecule has 0 aromatic heterocycles. The number of carbonyl (C=O) groups is 5. The molecule has 2 rings (SSSR count). The number of nitrogens with one attached hydrogen (secondary N) is 2. The molecule has 0 saturated heterocycles. The molecule has 2 aromatic rings. The molecule has 51 heavy (non-hydrogen) atoms. The molecular weight excluding hydrogens is 660 g/mol. The lowest BCUT2D eigenvalue weighted by Gasteiger charge is -2.28. The highest BCUT2D eigenvalue weighted by molar-refractivity contribution is 6.02. The van der Waals surface area contributed by atoms with Crippen LogP contribution in [0.1, 0.15) is 86.3 Å². The molecule has 0 heterocycles. The van der Waals surface area contributed by atoms with E-state index in [2.05, 4.69) is 15.6 Å². The maximum absolute atomic E-state index is 13.6. The second-order valence-corrected chi connectivity index (χ2v) is 14.6. The van der Waals surface area contributed by atoms with Crippen LogP contribution in [0.4, 0.5) is 14.4 Å². The smallest absolute Gasteiger partial charge is 0.416 e. The highest BCUT2D eigenvalue weighted by Gasteiger charge is 2.32. The van der Waals surface area contributed by atoms with Crippen LogP contribution in [0.25, 0.3) is 0 Å². The summed E-state index contributed by atoms with van der Waals surface area (Å²) in [7, 11) is 1.30. The Morgan fingerprint density at radius 2 is 1.14 bits per heavy atom. The lowest BCUT2D eigenvalue weighted by molar-refractivity contribution is -0.157. The number of carbonyl (C=O) groups excluding carboxylic acids is 5. The van der Waals surface area contributed by atoms with Gasteiger partial charge in [0.25, 0.3) is 0 Å². The van der Waals surface area contributed by atoms with Crippen molar-refractivity contribution in [3.05, 3.63) is 71.8 Å². The summed E-state index contributed by atoms with van der Waals surface area (Å²) in [5.74, 6) is -2.00. The Morgan fingerprint density at radius 1 is 0.647 bits per heavy atom. The fourth-order valence-electron chi connectivity index (χ4n) is 4.08. The first kappa shape index (κ1) is 42.0. The van der Waals surface area contributed by atoms with E-state index in [1.165, 1.54) is 7.05 Å². The highest BCUT2D eigenvalue weighted by Crippen LogP contribution is 2.17. The average Bonchev–Trinajstić information content (AvgIpc) is 3.01. The van der Waals surface area contributed by atoms with Crippen LogP contribution in [0.2, 0.25) is 0 Å². The molecule has 0 aliphatic heterocycles. The van der Waals surface area contributed by atoms with E-state index in [9.17, 15) is 24.0 Å². The van der Waals surface area contributed by atoms with Crippen molar-refractivity contribution in [1.29, 1.82) is 0 Å². The Morgan fingerprint density at radius 3 is 1.63 bits per heavy atom. The highest BCUT2D eigenvalue weighted by atomic mass is 16.6.